The third-order valence-corrected chi connectivity index (χ3v) is 4.29. The van der Waals surface area contributed by atoms with Crippen molar-refractivity contribution in [2.24, 2.45) is 0 Å². The molecule has 3 rings (SSSR count). The molecule has 2 N–H and O–H groups in total. The van der Waals surface area contributed by atoms with Gasteiger partial charge in [-0.1, -0.05) is 42.4 Å². The van der Waals surface area contributed by atoms with Crippen LogP contribution in [0.4, 0.5) is 4.79 Å². The van der Waals surface area contributed by atoms with Gasteiger partial charge in [0.1, 0.15) is 5.54 Å². The van der Waals surface area contributed by atoms with Gasteiger partial charge in [-0.3, -0.25) is 15.0 Å². The van der Waals surface area contributed by atoms with Crippen LogP contribution in [-0.2, 0) is 19.9 Å². The molecular weight excluding hydrogens is 368 g/mol. The number of ether oxygens (including phenoxy) is 1. The van der Waals surface area contributed by atoms with E-state index in [2.05, 4.69) is 15.9 Å². The van der Waals surface area contributed by atoms with Gasteiger partial charge in [0.25, 0.3) is 11.8 Å². The highest BCUT2D eigenvalue weighted by Crippen LogP contribution is 2.31. The average Bonchev–Trinajstić information content (AvgIpc) is 3.24. The summed E-state index contributed by atoms with van der Waals surface area (Å²) >= 11 is 0. The van der Waals surface area contributed by atoms with Gasteiger partial charge < -0.3 is 14.6 Å². The van der Waals surface area contributed by atoms with E-state index in [0.717, 1.165) is 0 Å². The van der Waals surface area contributed by atoms with Crippen LogP contribution >= 0.6 is 0 Å². The topological polar surface area (TPSA) is 131 Å². The highest BCUT2D eigenvalue weighted by molar-refractivity contribution is 6.08. The molecule has 0 spiro atoms. The molecule has 10 nitrogen and oxygen atoms in total. The minimum absolute atomic E-state index is 0.158. The van der Waals surface area contributed by atoms with Crippen LogP contribution in [0.25, 0.3) is 0 Å². The molecule has 0 bridgehead atoms. The van der Waals surface area contributed by atoms with E-state index >= 15 is 0 Å². The fourth-order valence-electron chi connectivity index (χ4n) is 2.86. The predicted octanol–water partition coefficient (Wildman–Crippen LogP) is 1.03. The lowest BCUT2D eigenvalue weighted by atomic mass is 9.87. The fourth-order valence-corrected chi connectivity index (χ4v) is 2.86. The predicted molar refractivity (Wildman–Crippen MR) is 93.5 cm³/mol. The fraction of sp³-hybridized carbons (Fsp3) is 0.278. The van der Waals surface area contributed by atoms with Gasteiger partial charge in [0.2, 0.25) is 5.76 Å². The van der Waals surface area contributed by atoms with E-state index in [-0.39, 0.29) is 12.2 Å². The van der Waals surface area contributed by atoms with E-state index in [4.69, 9.17) is 9.26 Å². The molecule has 0 aliphatic carbocycles. The van der Waals surface area contributed by atoms with Crippen LogP contribution in [0.2, 0.25) is 0 Å². The van der Waals surface area contributed by atoms with Crippen LogP contribution in [-0.4, -0.2) is 40.6 Å². The van der Waals surface area contributed by atoms with Crippen molar-refractivity contribution in [3.8, 4) is 0 Å². The van der Waals surface area contributed by atoms with Crippen LogP contribution in [0.15, 0.2) is 40.9 Å². The van der Waals surface area contributed by atoms with Crippen molar-refractivity contribution in [1.29, 1.82) is 0 Å². The van der Waals surface area contributed by atoms with Gasteiger partial charge in [-0.15, -0.1) is 0 Å². The number of rotatable bonds is 6. The highest BCUT2D eigenvalue weighted by Gasteiger charge is 2.52. The Labute approximate surface area is 159 Å². The summed E-state index contributed by atoms with van der Waals surface area (Å²) in [4.78, 5) is 49.0. The summed E-state index contributed by atoms with van der Waals surface area (Å²) in [6.07, 6.45) is 0.286. The zero-order valence-corrected chi connectivity index (χ0v) is 15.2. The number of nitrogens with zero attached hydrogens (tertiary/aromatic N) is 2. The number of carbonyl (C=O) groups is 4. The Morgan fingerprint density at radius 2 is 2.00 bits per heavy atom. The molecule has 2 heterocycles. The number of hydrogen-bond donors (Lipinski definition) is 2. The number of aryl methyl sites for hydroxylation is 1. The second kappa shape index (κ2) is 7.51. The molecule has 1 saturated heterocycles. The van der Waals surface area contributed by atoms with E-state index in [1.807, 2.05) is 0 Å². The minimum atomic E-state index is -1.28. The maximum Gasteiger partial charge on any atom is 0.377 e. The van der Waals surface area contributed by atoms with Crippen molar-refractivity contribution < 1.29 is 28.4 Å². The minimum Gasteiger partial charge on any atom is -0.450 e. The molecular formula is C18H18N4O6. The molecule has 10 heteroatoms. The Kier molecular flexibility index (Phi) is 5.12. The molecule has 1 fully saturated rings. The van der Waals surface area contributed by atoms with Crippen LogP contribution in [0.1, 0.15) is 35.2 Å². The third-order valence-electron chi connectivity index (χ3n) is 4.29. The van der Waals surface area contributed by atoms with Gasteiger partial charge in [-0.25, -0.2) is 9.59 Å². The smallest absolute Gasteiger partial charge is 0.377 e. The number of hydrazine groups is 1. The van der Waals surface area contributed by atoms with Crippen LogP contribution in [0, 0.1) is 6.92 Å². The normalized spacial score (nSPS) is 18.7. The van der Waals surface area contributed by atoms with Crippen molar-refractivity contribution in [2.45, 2.75) is 25.8 Å². The molecule has 1 aliphatic heterocycles. The monoisotopic (exact) mass is 386 g/mol. The average molecular weight is 386 g/mol. The molecule has 2 aromatic rings. The Bertz CT molecular complexity index is 925. The molecule has 0 unspecified atom stereocenters. The maximum atomic E-state index is 12.9. The largest absolute Gasteiger partial charge is 0.450 e. The summed E-state index contributed by atoms with van der Waals surface area (Å²) in [6.45, 7) is 2.66. The van der Waals surface area contributed by atoms with E-state index in [1.54, 1.807) is 44.2 Å². The maximum absolute atomic E-state index is 12.9. The summed E-state index contributed by atoms with van der Waals surface area (Å²) in [5, 5.41) is 6.75. The van der Waals surface area contributed by atoms with Gasteiger partial charge in [-0.05, 0) is 18.9 Å². The molecule has 1 aromatic carbocycles. The summed E-state index contributed by atoms with van der Waals surface area (Å²) in [5.74, 6) is -2.53. The molecule has 28 heavy (non-hydrogen) atoms. The van der Waals surface area contributed by atoms with Gasteiger partial charge in [0.15, 0.2) is 6.61 Å². The second-order valence-corrected chi connectivity index (χ2v) is 6.14. The van der Waals surface area contributed by atoms with Gasteiger partial charge in [0, 0.05) is 6.07 Å². The first-order chi connectivity index (χ1) is 13.4. The van der Waals surface area contributed by atoms with Crippen molar-refractivity contribution in [3.05, 3.63) is 53.4 Å². The summed E-state index contributed by atoms with van der Waals surface area (Å²) in [6, 6.07) is 9.30. The van der Waals surface area contributed by atoms with Gasteiger partial charge in [-0.2, -0.15) is 5.01 Å². The van der Waals surface area contributed by atoms with Crippen LogP contribution < -0.4 is 10.7 Å². The Morgan fingerprint density at radius 3 is 2.61 bits per heavy atom. The molecule has 4 amide bonds. The number of esters is 1. The van der Waals surface area contributed by atoms with E-state index in [0.29, 0.717) is 16.3 Å². The van der Waals surface area contributed by atoms with Crippen molar-refractivity contribution in [3.63, 3.8) is 0 Å². The zero-order chi connectivity index (χ0) is 20.3. The first kappa shape index (κ1) is 19.1. The number of urea groups is 1. The SMILES string of the molecule is CC[C@@]1(c2ccccc2)NC(=O)N(NC(=O)COC(=O)c2cc(C)no2)C1=O. The van der Waals surface area contributed by atoms with E-state index in [9.17, 15) is 19.2 Å². The molecule has 1 aliphatic rings. The first-order valence-corrected chi connectivity index (χ1v) is 8.49. The summed E-state index contributed by atoms with van der Waals surface area (Å²) in [7, 11) is 0. The molecule has 0 radical (unpaired) electrons. The van der Waals surface area contributed by atoms with Gasteiger partial charge in [0.05, 0.1) is 5.69 Å². The van der Waals surface area contributed by atoms with Crippen LogP contribution in [0.5, 0.6) is 0 Å². The molecule has 1 aromatic heterocycles. The Balaban J connectivity index is 1.65. The Hall–Kier alpha value is -3.69. The number of hydrogen-bond acceptors (Lipinski definition) is 7. The standard InChI is InChI=1S/C18H18N4O6/c1-3-18(12-7-5-4-6-8-12)16(25)22(17(26)19-18)20-14(23)10-27-15(24)13-9-11(2)21-28-13/h4-9H,3,10H2,1-2H3,(H,19,26)(H,20,23)/t18-/m0/s1. The molecule has 1 atom stereocenters. The van der Waals surface area contributed by atoms with Crippen molar-refractivity contribution >= 4 is 23.8 Å². The number of carbonyl (C=O) groups excluding carboxylic acids is 4. The Morgan fingerprint density at radius 1 is 1.29 bits per heavy atom. The lowest BCUT2D eigenvalue weighted by Gasteiger charge is -2.25. The highest BCUT2D eigenvalue weighted by atomic mass is 16.6. The third kappa shape index (κ3) is 3.43. The lowest BCUT2D eigenvalue weighted by molar-refractivity contribution is -0.140. The van der Waals surface area contributed by atoms with Gasteiger partial charge >= 0.3 is 12.0 Å². The quantitative estimate of drug-likeness (QED) is 0.560. The number of nitrogens with one attached hydrogen (secondary N) is 2. The number of benzene rings is 1. The molecule has 0 saturated carbocycles. The van der Waals surface area contributed by atoms with E-state index < -0.39 is 36.0 Å². The summed E-state index contributed by atoms with van der Waals surface area (Å²) < 4.78 is 9.52. The lowest BCUT2D eigenvalue weighted by Crippen LogP contribution is -2.49. The van der Waals surface area contributed by atoms with Crippen molar-refractivity contribution in [1.82, 2.24) is 20.9 Å². The van der Waals surface area contributed by atoms with Crippen LogP contribution in [0.3, 0.4) is 0 Å². The number of imide groups is 1. The second-order valence-electron chi connectivity index (χ2n) is 6.14. The zero-order valence-electron chi connectivity index (χ0n) is 15.2. The summed E-state index contributed by atoms with van der Waals surface area (Å²) in [5.41, 5.74) is 1.96. The molecule has 146 valence electrons. The first-order valence-electron chi connectivity index (χ1n) is 8.49. The van der Waals surface area contributed by atoms with Crippen molar-refractivity contribution in [2.75, 3.05) is 6.61 Å². The van der Waals surface area contributed by atoms with E-state index in [1.165, 1.54) is 6.07 Å². The number of amides is 4. The number of aromatic nitrogens is 1.